The van der Waals surface area contributed by atoms with E-state index >= 15 is 0 Å². The first-order chi connectivity index (χ1) is 11.6. The third-order valence-corrected chi connectivity index (χ3v) is 12.6. The van der Waals surface area contributed by atoms with Crippen molar-refractivity contribution in [1.82, 2.24) is 9.22 Å². The molecule has 0 unspecified atom stereocenters. The zero-order chi connectivity index (χ0) is 19.1. The van der Waals surface area contributed by atoms with Crippen molar-refractivity contribution in [3.8, 4) is 5.75 Å². The van der Waals surface area contributed by atoms with Crippen LogP contribution in [0.3, 0.4) is 0 Å². The molecule has 0 radical (unpaired) electrons. The highest BCUT2D eigenvalue weighted by Gasteiger charge is 2.48. The molecule has 2 aromatic heterocycles. The summed E-state index contributed by atoms with van der Waals surface area (Å²) in [4.78, 5) is 17.0. The van der Waals surface area contributed by atoms with Crippen molar-refractivity contribution in [2.24, 2.45) is 5.73 Å². The third kappa shape index (κ3) is 2.67. The van der Waals surface area contributed by atoms with E-state index in [9.17, 15) is 4.79 Å². The molecule has 0 saturated carbocycles. The third-order valence-electron chi connectivity index (χ3n) is 5.68. The number of rotatable bonds is 6. The van der Waals surface area contributed by atoms with Crippen LogP contribution in [0.5, 0.6) is 5.75 Å². The first-order valence-electron chi connectivity index (χ1n) is 8.96. The number of primary amides is 1. The zero-order valence-corrected chi connectivity index (χ0v) is 17.7. The minimum Gasteiger partial charge on any atom is -0.496 e. The highest BCUT2D eigenvalue weighted by Crippen LogP contribution is 2.46. The monoisotopic (exact) mass is 361 g/mol. The number of hydrogen-bond donors (Lipinski definition) is 1. The lowest BCUT2D eigenvalue weighted by Crippen LogP contribution is -2.52. The predicted octanol–water partition coefficient (Wildman–Crippen LogP) is 4.48. The molecule has 1 amide bonds. The fourth-order valence-corrected chi connectivity index (χ4v) is 11.8. The van der Waals surface area contributed by atoms with Crippen LogP contribution in [0, 0.1) is 6.92 Å². The zero-order valence-electron chi connectivity index (χ0n) is 16.7. The fraction of sp³-hybridized carbons (Fsp3) is 0.579. The summed E-state index contributed by atoms with van der Waals surface area (Å²) in [6.07, 6.45) is 1.75. The Kier molecular flexibility index (Phi) is 5.32. The second kappa shape index (κ2) is 6.82. The van der Waals surface area contributed by atoms with Crippen LogP contribution >= 0.6 is 0 Å². The van der Waals surface area contributed by atoms with Crippen LogP contribution in [0.1, 0.15) is 57.6 Å². The van der Waals surface area contributed by atoms with Crippen LogP contribution in [0.4, 0.5) is 0 Å². The molecule has 0 bridgehead atoms. The van der Waals surface area contributed by atoms with E-state index < -0.39 is 14.1 Å². The Balaban J connectivity index is 3.09. The Bertz CT molecular complexity index is 772. The van der Waals surface area contributed by atoms with E-state index in [0.717, 1.165) is 16.7 Å². The van der Waals surface area contributed by atoms with Crippen molar-refractivity contribution in [2.75, 3.05) is 7.11 Å². The number of nitrogens with two attached hydrogens (primary N) is 1. The predicted molar refractivity (Wildman–Crippen MR) is 106 cm³/mol. The summed E-state index contributed by atoms with van der Waals surface area (Å²) < 4.78 is 7.91. The number of carbonyl (C=O) groups is 1. The van der Waals surface area contributed by atoms with Crippen molar-refractivity contribution in [3.05, 3.63) is 23.5 Å². The molecule has 0 fully saturated rings. The Hall–Kier alpha value is -1.82. The lowest BCUT2D eigenvalue weighted by Gasteiger charge is -2.45. The number of amides is 1. The first kappa shape index (κ1) is 19.5. The van der Waals surface area contributed by atoms with Crippen molar-refractivity contribution in [1.29, 1.82) is 0 Å². The Labute approximate surface area is 151 Å². The van der Waals surface area contributed by atoms with Crippen molar-refractivity contribution in [3.63, 3.8) is 0 Å². The molecule has 2 heterocycles. The summed E-state index contributed by atoms with van der Waals surface area (Å²) in [7, 11) is -0.467. The van der Waals surface area contributed by atoms with E-state index in [2.05, 4.69) is 50.8 Å². The quantitative estimate of drug-likeness (QED) is 0.771. The van der Waals surface area contributed by atoms with E-state index in [0.29, 0.717) is 27.9 Å². The normalized spacial score (nSPS) is 12.6. The Morgan fingerprint density at radius 3 is 2.08 bits per heavy atom. The van der Waals surface area contributed by atoms with Crippen molar-refractivity contribution >= 4 is 25.2 Å². The fourth-order valence-electron chi connectivity index (χ4n) is 5.01. The number of hydrogen-bond acceptors (Lipinski definition) is 3. The molecule has 0 saturated heterocycles. The number of methoxy groups -OCH3 is 1. The van der Waals surface area contributed by atoms with Crippen LogP contribution in [-0.4, -0.2) is 30.5 Å². The lowest BCUT2D eigenvalue weighted by molar-refractivity contribution is 0.100. The average Bonchev–Trinajstić information content (AvgIpc) is 2.80. The van der Waals surface area contributed by atoms with E-state index in [1.54, 1.807) is 19.4 Å². The summed E-state index contributed by atoms with van der Waals surface area (Å²) in [5.41, 5.74) is 9.50. The van der Waals surface area contributed by atoms with Crippen LogP contribution < -0.4 is 10.5 Å². The molecule has 0 aromatic carbocycles. The molecule has 0 aliphatic rings. The molecule has 0 aliphatic carbocycles. The van der Waals surface area contributed by atoms with Gasteiger partial charge >= 0.3 is 0 Å². The largest absolute Gasteiger partial charge is 0.496 e. The first-order valence-corrected chi connectivity index (χ1v) is 11.1. The summed E-state index contributed by atoms with van der Waals surface area (Å²) in [6.45, 7) is 15.8. The van der Waals surface area contributed by atoms with Gasteiger partial charge in [-0.05, 0) is 29.6 Å². The molecule has 0 aliphatic heterocycles. The minimum absolute atomic E-state index is 0.424. The molecule has 5 nitrogen and oxygen atoms in total. The van der Waals surface area contributed by atoms with Crippen LogP contribution in [0.15, 0.2) is 12.3 Å². The Morgan fingerprint density at radius 2 is 1.68 bits per heavy atom. The van der Waals surface area contributed by atoms with Gasteiger partial charge in [0.1, 0.15) is 11.4 Å². The summed E-state index contributed by atoms with van der Waals surface area (Å²) >= 11 is 0. The summed E-state index contributed by atoms with van der Waals surface area (Å²) in [5, 5.41) is 0.744. The maximum absolute atomic E-state index is 12.3. The van der Waals surface area contributed by atoms with E-state index in [4.69, 9.17) is 10.5 Å². The number of carbonyl (C=O) groups excluding carboxylic acids is 1. The van der Waals surface area contributed by atoms with Crippen molar-refractivity contribution < 1.29 is 9.53 Å². The second-order valence-corrected chi connectivity index (χ2v) is 13.4. The molecule has 0 spiro atoms. The SMILES string of the molecule is COc1ccnc2c1c(C(N)=O)c(C)n2[Si](C(C)C)(C(C)C)C(C)C. The highest BCUT2D eigenvalue weighted by atomic mass is 28.3. The number of fused-ring (bicyclic) bond motifs is 1. The number of aromatic nitrogens is 2. The van der Waals surface area contributed by atoms with E-state index in [1.807, 2.05) is 6.92 Å². The van der Waals surface area contributed by atoms with Gasteiger partial charge in [-0.2, -0.15) is 0 Å². The maximum atomic E-state index is 12.3. The van der Waals surface area contributed by atoms with Gasteiger partial charge in [-0.25, -0.2) is 4.98 Å². The van der Waals surface area contributed by atoms with Crippen LogP contribution in [0.25, 0.3) is 11.0 Å². The van der Waals surface area contributed by atoms with Gasteiger partial charge in [-0.15, -0.1) is 0 Å². The highest BCUT2D eigenvalue weighted by molar-refractivity contribution is 6.82. The smallest absolute Gasteiger partial charge is 0.251 e. The number of pyridine rings is 1. The van der Waals surface area contributed by atoms with Gasteiger partial charge in [0.2, 0.25) is 0 Å². The van der Waals surface area contributed by atoms with Gasteiger partial charge in [-0.3, -0.25) is 4.79 Å². The molecule has 138 valence electrons. The van der Waals surface area contributed by atoms with Gasteiger partial charge in [0.25, 0.3) is 5.91 Å². The topological polar surface area (TPSA) is 70.1 Å². The summed E-state index contributed by atoms with van der Waals surface area (Å²) in [5.74, 6) is 0.228. The van der Waals surface area contributed by atoms with Crippen LogP contribution in [-0.2, 0) is 0 Å². The van der Waals surface area contributed by atoms with Gasteiger partial charge in [0.15, 0.2) is 8.24 Å². The number of ether oxygens (including phenoxy) is 1. The molecule has 2 aromatic rings. The molecule has 2 N–H and O–H groups in total. The minimum atomic E-state index is -2.08. The standard InChI is InChI=1S/C19H31N3O2Si/c1-11(2)25(12(3)4,13(5)6)22-14(7)16(18(20)23)17-15(24-8)9-10-21-19(17)22/h9-13H,1-8H3,(H2,20,23). The van der Waals surface area contributed by atoms with E-state index in [-0.39, 0.29) is 0 Å². The molecular weight excluding hydrogens is 330 g/mol. The van der Waals surface area contributed by atoms with Gasteiger partial charge in [0.05, 0.1) is 18.1 Å². The Morgan fingerprint density at radius 1 is 1.16 bits per heavy atom. The summed E-state index contributed by atoms with van der Waals surface area (Å²) in [6, 6.07) is 1.79. The molecule has 6 heteroatoms. The van der Waals surface area contributed by atoms with Crippen molar-refractivity contribution in [2.45, 2.75) is 65.1 Å². The second-order valence-electron chi connectivity index (χ2n) is 7.72. The number of nitrogens with zero attached hydrogens (tertiary/aromatic N) is 2. The van der Waals surface area contributed by atoms with Crippen LogP contribution in [0.2, 0.25) is 16.6 Å². The molecule has 25 heavy (non-hydrogen) atoms. The molecular formula is C19H31N3O2Si. The van der Waals surface area contributed by atoms with E-state index in [1.165, 1.54) is 0 Å². The van der Waals surface area contributed by atoms with Gasteiger partial charge < -0.3 is 14.7 Å². The average molecular weight is 362 g/mol. The van der Waals surface area contributed by atoms with Gasteiger partial charge in [-0.1, -0.05) is 41.5 Å². The van der Waals surface area contributed by atoms with Gasteiger partial charge in [0, 0.05) is 11.9 Å². The molecule has 0 atom stereocenters. The lowest BCUT2D eigenvalue weighted by atomic mass is 10.1. The molecule has 2 rings (SSSR count). The maximum Gasteiger partial charge on any atom is 0.251 e.